The fourth-order valence-corrected chi connectivity index (χ4v) is 3.07. The zero-order valence-electron chi connectivity index (χ0n) is 11.7. The maximum atomic E-state index is 12.6. The number of carbonyl (C=O) groups excluding carboxylic acids is 1. The number of rotatable bonds is 1. The molecule has 1 aliphatic heterocycles. The fraction of sp³-hybridized carbons (Fsp3) is 0.250. The molecule has 1 atom stereocenters. The third-order valence-electron chi connectivity index (χ3n) is 3.86. The number of nitrogens with zero attached hydrogens (tertiary/aromatic N) is 1. The van der Waals surface area contributed by atoms with Gasteiger partial charge in [0.25, 0.3) is 5.56 Å². The minimum Gasteiger partial charge on any atom is -0.426 e. The molecule has 2 heterocycles. The van der Waals surface area contributed by atoms with Crippen molar-refractivity contribution in [2.45, 2.75) is 19.3 Å². The van der Waals surface area contributed by atoms with Gasteiger partial charge in [0.1, 0.15) is 5.75 Å². The largest absolute Gasteiger partial charge is 0.426 e. The lowest BCUT2D eigenvalue weighted by Gasteiger charge is -2.25. The molecular weight excluding hydrogens is 334 g/mol. The highest BCUT2D eigenvalue weighted by molar-refractivity contribution is 9.10. The van der Waals surface area contributed by atoms with E-state index in [-0.39, 0.29) is 23.9 Å². The van der Waals surface area contributed by atoms with E-state index in [9.17, 15) is 9.59 Å². The number of hydrogen-bond acceptors (Lipinski definition) is 3. The molecule has 1 aromatic carbocycles. The fourth-order valence-electron chi connectivity index (χ4n) is 2.66. The predicted molar refractivity (Wildman–Crippen MR) is 82.7 cm³/mol. The smallest absolute Gasteiger partial charge is 0.312 e. The highest BCUT2D eigenvalue weighted by Gasteiger charge is 2.32. The number of carbonyl (C=O) groups is 1. The van der Waals surface area contributed by atoms with E-state index >= 15 is 0 Å². The SMILES string of the molecule is Cc1cc2c(c(=O)n1C)[C@H](c1cccc(Br)c1)CC(=O)O2. The summed E-state index contributed by atoms with van der Waals surface area (Å²) in [6.45, 7) is 1.82. The first-order chi connectivity index (χ1) is 9.97. The van der Waals surface area contributed by atoms with Crippen molar-refractivity contribution in [1.29, 1.82) is 0 Å². The molecule has 1 aromatic heterocycles. The number of benzene rings is 1. The van der Waals surface area contributed by atoms with Gasteiger partial charge in [-0.1, -0.05) is 28.1 Å². The van der Waals surface area contributed by atoms with Gasteiger partial charge in [0, 0.05) is 29.2 Å². The molecule has 0 unspecified atom stereocenters. The average Bonchev–Trinajstić information content (AvgIpc) is 2.44. The van der Waals surface area contributed by atoms with E-state index in [1.54, 1.807) is 17.7 Å². The second-order valence-electron chi connectivity index (χ2n) is 5.21. The second-order valence-corrected chi connectivity index (χ2v) is 6.13. The Hall–Kier alpha value is -1.88. The first-order valence-electron chi connectivity index (χ1n) is 6.64. The molecule has 3 rings (SSSR count). The van der Waals surface area contributed by atoms with E-state index in [0.29, 0.717) is 11.3 Å². The molecule has 2 aromatic rings. The Bertz CT molecular complexity index is 795. The molecule has 21 heavy (non-hydrogen) atoms. The second kappa shape index (κ2) is 5.15. The van der Waals surface area contributed by atoms with Crippen molar-refractivity contribution in [3.05, 3.63) is 62.0 Å². The maximum absolute atomic E-state index is 12.6. The van der Waals surface area contributed by atoms with Crippen LogP contribution < -0.4 is 10.3 Å². The highest BCUT2D eigenvalue weighted by Crippen LogP contribution is 2.37. The van der Waals surface area contributed by atoms with Gasteiger partial charge in [-0.05, 0) is 24.6 Å². The topological polar surface area (TPSA) is 48.3 Å². The van der Waals surface area contributed by atoms with Crippen LogP contribution >= 0.6 is 15.9 Å². The van der Waals surface area contributed by atoms with E-state index in [0.717, 1.165) is 15.7 Å². The maximum Gasteiger partial charge on any atom is 0.312 e. The van der Waals surface area contributed by atoms with E-state index < -0.39 is 0 Å². The van der Waals surface area contributed by atoms with Gasteiger partial charge in [0.15, 0.2) is 0 Å². The van der Waals surface area contributed by atoms with Crippen molar-refractivity contribution in [2.75, 3.05) is 0 Å². The van der Waals surface area contributed by atoms with Gasteiger partial charge in [0.2, 0.25) is 0 Å². The van der Waals surface area contributed by atoms with Gasteiger partial charge >= 0.3 is 5.97 Å². The van der Waals surface area contributed by atoms with E-state index in [4.69, 9.17) is 4.74 Å². The number of aryl methyl sites for hydroxylation is 1. The molecule has 0 amide bonds. The van der Waals surface area contributed by atoms with Crippen LogP contribution in [0.3, 0.4) is 0 Å². The molecule has 0 N–H and O–H groups in total. The minimum atomic E-state index is -0.305. The Labute approximate surface area is 130 Å². The Kier molecular flexibility index (Phi) is 3.45. The first kappa shape index (κ1) is 14.1. The van der Waals surface area contributed by atoms with Crippen LogP contribution in [0, 0.1) is 6.92 Å². The lowest BCUT2D eigenvalue weighted by molar-refractivity contribution is -0.135. The Morgan fingerprint density at radius 2 is 2.05 bits per heavy atom. The monoisotopic (exact) mass is 347 g/mol. The van der Waals surface area contributed by atoms with Gasteiger partial charge in [0.05, 0.1) is 12.0 Å². The molecule has 0 fully saturated rings. The number of pyridine rings is 1. The summed E-state index contributed by atoms with van der Waals surface area (Å²) in [4.78, 5) is 24.4. The summed E-state index contributed by atoms with van der Waals surface area (Å²) in [6, 6.07) is 9.43. The van der Waals surface area contributed by atoms with Crippen LogP contribution in [0.1, 0.15) is 29.2 Å². The van der Waals surface area contributed by atoms with Crippen molar-refractivity contribution >= 4 is 21.9 Å². The van der Waals surface area contributed by atoms with Crippen LogP contribution in [0.5, 0.6) is 5.75 Å². The van der Waals surface area contributed by atoms with Crippen LogP contribution in [0.2, 0.25) is 0 Å². The zero-order chi connectivity index (χ0) is 15.1. The number of esters is 1. The lowest BCUT2D eigenvalue weighted by Crippen LogP contribution is -2.31. The van der Waals surface area contributed by atoms with Crippen LogP contribution in [-0.2, 0) is 11.8 Å². The number of ether oxygens (including phenoxy) is 1. The summed E-state index contributed by atoms with van der Waals surface area (Å²) in [5.74, 6) is -0.185. The van der Waals surface area contributed by atoms with Crippen molar-refractivity contribution < 1.29 is 9.53 Å². The Morgan fingerprint density at radius 1 is 1.29 bits per heavy atom. The van der Waals surface area contributed by atoms with Crippen molar-refractivity contribution in [2.24, 2.45) is 7.05 Å². The summed E-state index contributed by atoms with van der Waals surface area (Å²) in [6.07, 6.45) is 0.182. The molecule has 1 aliphatic rings. The van der Waals surface area contributed by atoms with Crippen LogP contribution in [-0.4, -0.2) is 10.5 Å². The normalized spacial score (nSPS) is 17.3. The van der Waals surface area contributed by atoms with Crippen LogP contribution in [0.4, 0.5) is 0 Å². The molecule has 0 radical (unpaired) electrons. The number of hydrogen-bond donors (Lipinski definition) is 0. The summed E-state index contributed by atoms with van der Waals surface area (Å²) < 4.78 is 7.77. The molecule has 5 heteroatoms. The zero-order valence-corrected chi connectivity index (χ0v) is 13.3. The third kappa shape index (κ3) is 2.42. The van der Waals surface area contributed by atoms with E-state index in [1.807, 2.05) is 31.2 Å². The summed E-state index contributed by atoms with van der Waals surface area (Å²) in [5.41, 5.74) is 2.15. The van der Waals surface area contributed by atoms with Crippen LogP contribution in [0.25, 0.3) is 0 Å². The number of fused-ring (bicyclic) bond motifs is 1. The highest BCUT2D eigenvalue weighted by atomic mass is 79.9. The molecule has 0 saturated heterocycles. The average molecular weight is 348 g/mol. The van der Waals surface area contributed by atoms with E-state index in [1.165, 1.54) is 0 Å². The quantitative estimate of drug-likeness (QED) is 0.745. The Morgan fingerprint density at radius 3 is 2.76 bits per heavy atom. The van der Waals surface area contributed by atoms with Crippen molar-refractivity contribution in [3.8, 4) is 5.75 Å². The summed E-state index contributed by atoms with van der Waals surface area (Å²) in [5, 5.41) is 0. The standard InChI is InChI=1S/C16H14BrNO3/c1-9-6-13-15(16(20)18(9)2)12(8-14(19)21-13)10-4-3-5-11(17)7-10/h3-7,12H,8H2,1-2H3/t12-/m0/s1. The molecule has 108 valence electrons. The lowest BCUT2D eigenvalue weighted by atomic mass is 9.87. The van der Waals surface area contributed by atoms with Crippen molar-refractivity contribution in [3.63, 3.8) is 0 Å². The number of halogens is 1. The van der Waals surface area contributed by atoms with Gasteiger partial charge in [-0.3, -0.25) is 9.59 Å². The van der Waals surface area contributed by atoms with Gasteiger partial charge < -0.3 is 9.30 Å². The van der Waals surface area contributed by atoms with E-state index in [2.05, 4.69) is 15.9 Å². The van der Waals surface area contributed by atoms with Gasteiger partial charge in [-0.25, -0.2) is 0 Å². The summed E-state index contributed by atoms with van der Waals surface area (Å²) in [7, 11) is 1.73. The molecular formula is C16H14BrNO3. The predicted octanol–water partition coefficient (Wildman–Crippen LogP) is 2.90. The van der Waals surface area contributed by atoms with Crippen LogP contribution in [0.15, 0.2) is 39.6 Å². The van der Waals surface area contributed by atoms with Crippen molar-refractivity contribution in [1.82, 2.24) is 4.57 Å². The minimum absolute atomic E-state index is 0.109. The summed E-state index contributed by atoms with van der Waals surface area (Å²) >= 11 is 3.43. The Balaban J connectivity index is 2.24. The third-order valence-corrected chi connectivity index (χ3v) is 4.36. The number of aromatic nitrogens is 1. The van der Waals surface area contributed by atoms with Gasteiger partial charge in [-0.15, -0.1) is 0 Å². The first-order valence-corrected chi connectivity index (χ1v) is 7.43. The molecule has 0 bridgehead atoms. The van der Waals surface area contributed by atoms with Gasteiger partial charge in [-0.2, -0.15) is 0 Å². The molecule has 0 saturated carbocycles. The molecule has 0 spiro atoms. The molecule has 4 nitrogen and oxygen atoms in total. The molecule has 0 aliphatic carbocycles.